The van der Waals surface area contributed by atoms with E-state index in [-0.39, 0.29) is 0 Å². The first-order chi connectivity index (χ1) is 13.7. The van der Waals surface area contributed by atoms with E-state index in [9.17, 15) is 9.59 Å². The molecule has 162 valence electrons. The Kier molecular flexibility index (Phi) is 11.8. The standard InChI is InChI=1S/C23H43N3O2/c24-15-8-10-17-26-19-11-18-25-16-9-7-12-21(25)20-22(27)13-5-3-1-2-4-6-14-23(26)28/h21H,1-20,24H2/t21-/m0/s1. The van der Waals surface area contributed by atoms with E-state index in [1.165, 1.54) is 25.7 Å². The molecule has 2 heterocycles. The number of fused-ring (bicyclic) bond motifs is 1. The van der Waals surface area contributed by atoms with E-state index < -0.39 is 0 Å². The summed E-state index contributed by atoms with van der Waals surface area (Å²) in [7, 11) is 0. The molecule has 0 radical (unpaired) electrons. The van der Waals surface area contributed by atoms with Gasteiger partial charge in [-0.1, -0.05) is 32.1 Å². The summed E-state index contributed by atoms with van der Waals surface area (Å²) in [6.07, 6.45) is 15.5. The Hall–Kier alpha value is -0.940. The molecule has 2 aliphatic rings. The van der Waals surface area contributed by atoms with Crippen molar-refractivity contribution in [3.05, 3.63) is 0 Å². The Balaban J connectivity index is 1.93. The predicted molar refractivity (Wildman–Crippen MR) is 115 cm³/mol. The van der Waals surface area contributed by atoms with Crippen molar-refractivity contribution in [2.24, 2.45) is 5.73 Å². The Morgan fingerprint density at radius 2 is 1.50 bits per heavy atom. The zero-order chi connectivity index (χ0) is 20.0. The van der Waals surface area contributed by atoms with Gasteiger partial charge in [0.25, 0.3) is 0 Å². The summed E-state index contributed by atoms with van der Waals surface area (Å²) < 4.78 is 0. The molecule has 2 fully saturated rings. The van der Waals surface area contributed by atoms with Crippen molar-refractivity contribution in [2.45, 2.75) is 102 Å². The number of Topliss-reactive ketones (excluding diaryl/α,β-unsaturated/α-hetero) is 1. The number of ketones is 1. The summed E-state index contributed by atoms with van der Waals surface area (Å²) >= 11 is 0. The van der Waals surface area contributed by atoms with E-state index in [0.29, 0.717) is 30.7 Å². The highest BCUT2D eigenvalue weighted by molar-refractivity contribution is 5.79. The van der Waals surface area contributed by atoms with Gasteiger partial charge in [0, 0.05) is 44.9 Å². The second-order valence-electron chi connectivity index (χ2n) is 8.78. The first-order valence-corrected chi connectivity index (χ1v) is 11.9. The molecule has 0 aromatic rings. The van der Waals surface area contributed by atoms with Crippen LogP contribution in [-0.4, -0.2) is 60.3 Å². The maximum Gasteiger partial charge on any atom is 0.222 e. The van der Waals surface area contributed by atoms with Crippen LogP contribution in [0.3, 0.4) is 0 Å². The van der Waals surface area contributed by atoms with E-state index in [0.717, 1.165) is 90.4 Å². The lowest BCUT2D eigenvalue weighted by Crippen LogP contribution is -2.42. The molecule has 2 N–H and O–H groups in total. The number of piperidine rings is 1. The average Bonchev–Trinajstić information content (AvgIpc) is 2.69. The molecule has 0 unspecified atom stereocenters. The minimum absolute atomic E-state index is 0.326. The number of nitrogens with two attached hydrogens (primary N) is 1. The topological polar surface area (TPSA) is 66.6 Å². The molecular formula is C23H43N3O2. The van der Waals surface area contributed by atoms with Crippen molar-refractivity contribution in [1.82, 2.24) is 9.80 Å². The third-order valence-electron chi connectivity index (χ3n) is 6.42. The van der Waals surface area contributed by atoms with Crippen molar-refractivity contribution in [1.29, 1.82) is 0 Å². The molecule has 5 heteroatoms. The molecule has 0 aliphatic carbocycles. The van der Waals surface area contributed by atoms with Gasteiger partial charge in [0.2, 0.25) is 5.91 Å². The quantitative estimate of drug-likeness (QED) is 0.736. The monoisotopic (exact) mass is 393 g/mol. The number of hydrogen-bond donors (Lipinski definition) is 1. The van der Waals surface area contributed by atoms with E-state index >= 15 is 0 Å². The second-order valence-corrected chi connectivity index (χ2v) is 8.78. The normalized spacial score (nSPS) is 25.3. The summed E-state index contributed by atoms with van der Waals surface area (Å²) in [4.78, 5) is 29.8. The van der Waals surface area contributed by atoms with Crippen molar-refractivity contribution in [3.8, 4) is 0 Å². The third kappa shape index (κ3) is 9.04. The fraction of sp³-hybridized carbons (Fsp3) is 0.913. The zero-order valence-corrected chi connectivity index (χ0v) is 18.0. The Morgan fingerprint density at radius 3 is 2.29 bits per heavy atom. The minimum Gasteiger partial charge on any atom is -0.343 e. The highest BCUT2D eigenvalue weighted by Gasteiger charge is 2.24. The van der Waals surface area contributed by atoms with Crippen LogP contribution in [0.15, 0.2) is 0 Å². The first-order valence-electron chi connectivity index (χ1n) is 11.9. The maximum atomic E-state index is 12.7. The van der Waals surface area contributed by atoms with Gasteiger partial charge in [-0.2, -0.15) is 0 Å². The minimum atomic E-state index is 0.326. The van der Waals surface area contributed by atoms with Gasteiger partial charge >= 0.3 is 0 Å². The summed E-state index contributed by atoms with van der Waals surface area (Å²) in [5, 5.41) is 0. The molecule has 0 saturated carbocycles. The Bertz CT molecular complexity index is 455. The summed E-state index contributed by atoms with van der Waals surface area (Å²) in [6.45, 7) is 4.52. The van der Waals surface area contributed by atoms with Crippen LogP contribution in [0.5, 0.6) is 0 Å². The van der Waals surface area contributed by atoms with Crippen LogP contribution in [0, 0.1) is 0 Å². The number of carbonyl (C=O) groups excluding carboxylic acids is 2. The van der Waals surface area contributed by atoms with Crippen molar-refractivity contribution < 1.29 is 9.59 Å². The number of rotatable bonds is 4. The molecule has 0 aromatic heterocycles. The van der Waals surface area contributed by atoms with Crippen molar-refractivity contribution in [3.63, 3.8) is 0 Å². The third-order valence-corrected chi connectivity index (χ3v) is 6.42. The van der Waals surface area contributed by atoms with E-state index in [1.54, 1.807) is 0 Å². The van der Waals surface area contributed by atoms with Crippen LogP contribution < -0.4 is 5.73 Å². The van der Waals surface area contributed by atoms with E-state index in [2.05, 4.69) is 9.80 Å². The summed E-state index contributed by atoms with van der Waals surface area (Å²) in [6, 6.07) is 0.429. The van der Waals surface area contributed by atoms with Crippen LogP contribution in [-0.2, 0) is 9.59 Å². The summed E-state index contributed by atoms with van der Waals surface area (Å²) in [5.74, 6) is 0.784. The lowest BCUT2D eigenvalue weighted by atomic mass is 9.95. The molecular weight excluding hydrogens is 350 g/mol. The Labute approximate surface area is 172 Å². The van der Waals surface area contributed by atoms with Gasteiger partial charge in [-0.3, -0.25) is 14.5 Å². The molecule has 5 nitrogen and oxygen atoms in total. The smallest absolute Gasteiger partial charge is 0.222 e. The Morgan fingerprint density at radius 1 is 0.786 bits per heavy atom. The molecule has 0 spiro atoms. The van der Waals surface area contributed by atoms with Crippen LogP contribution in [0.25, 0.3) is 0 Å². The second kappa shape index (κ2) is 14.1. The maximum absolute atomic E-state index is 12.7. The number of nitrogens with zero attached hydrogens (tertiary/aromatic N) is 2. The number of amides is 1. The molecule has 28 heavy (non-hydrogen) atoms. The molecule has 2 saturated heterocycles. The molecule has 2 aliphatic heterocycles. The number of unbranched alkanes of at least 4 members (excludes halogenated alkanes) is 1. The summed E-state index contributed by atoms with van der Waals surface area (Å²) in [5.41, 5.74) is 5.64. The van der Waals surface area contributed by atoms with Gasteiger partial charge < -0.3 is 10.6 Å². The molecule has 1 atom stereocenters. The van der Waals surface area contributed by atoms with Gasteiger partial charge in [0.1, 0.15) is 5.78 Å². The van der Waals surface area contributed by atoms with Crippen LogP contribution >= 0.6 is 0 Å². The largest absolute Gasteiger partial charge is 0.343 e. The van der Waals surface area contributed by atoms with E-state index in [1.807, 2.05) is 0 Å². The SMILES string of the molecule is NCCCCN1CCCN2CCCC[C@H]2CC(=O)CCCCCCCCC1=O. The van der Waals surface area contributed by atoms with Crippen LogP contribution in [0.4, 0.5) is 0 Å². The van der Waals surface area contributed by atoms with Gasteiger partial charge in [0.15, 0.2) is 0 Å². The van der Waals surface area contributed by atoms with Gasteiger partial charge in [-0.25, -0.2) is 0 Å². The molecule has 2 rings (SSSR count). The number of carbonyl (C=O) groups is 2. The van der Waals surface area contributed by atoms with Gasteiger partial charge in [-0.05, 0) is 58.0 Å². The van der Waals surface area contributed by atoms with Crippen LogP contribution in [0.1, 0.15) is 96.3 Å². The molecule has 1 amide bonds. The highest BCUT2D eigenvalue weighted by Crippen LogP contribution is 2.22. The lowest BCUT2D eigenvalue weighted by Gasteiger charge is -2.36. The van der Waals surface area contributed by atoms with Crippen molar-refractivity contribution in [2.75, 3.05) is 32.7 Å². The number of hydrogen-bond acceptors (Lipinski definition) is 4. The van der Waals surface area contributed by atoms with Crippen LogP contribution in [0.2, 0.25) is 0 Å². The predicted octanol–water partition coefficient (Wildman–Crippen LogP) is 3.89. The first kappa shape index (κ1) is 23.3. The van der Waals surface area contributed by atoms with Gasteiger partial charge in [-0.15, -0.1) is 0 Å². The van der Waals surface area contributed by atoms with Gasteiger partial charge in [0.05, 0.1) is 0 Å². The molecule has 0 bridgehead atoms. The average molecular weight is 394 g/mol. The molecule has 0 aromatic carbocycles. The fourth-order valence-corrected chi connectivity index (χ4v) is 4.69. The zero-order valence-electron chi connectivity index (χ0n) is 18.0. The van der Waals surface area contributed by atoms with Crippen molar-refractivity contribution >= 4 is 11.7 Å². The fourth-order valence-electron chi connectivity index (χ4n) is 4.69. The van der Waals surface area contributed by atoms with E-state index in [4.69, 9.17) is 5.73 Å². The highest BCUT2D eigenvalue weighted by atomic mass is 16.2. The lowest BCUT2D eigenvalue weighted by molar-refractivity contribution is -0.131.